The Morgan fingerprint density at radius 1 is 0.886 bits per heavy atom. The van der Waals surface area contributed by atoms with Gasteiger partial charge in [-0.15, -0.1) is 0 Å². The molecule has 11 heteroatoms. The minimum atomic E-state index is -0.714. The van der Waals surface area contributed by atoms with Crippen LogP contribution in [0.3, 0.4) is 0 Å². The number of nitrogens with zero attached hydrogens (tertiary/aromatic N) is 2. The normalized spacial score (nSPS) is 25.5. The lowest BCUT2D eigenvalue weighted by molar-refractivity contribution is -0.123. The average Bonchev–Trinajstić information content (AvgIpc) is 3.64. The molecule has 44 heavy (non-hydrogen) atoms. The van der Waals surface area contributed by atoms with E-state index in [0.717, 1.165) is 10.9 Å². The van der Waals surface area contributed by atoms with Gasteiger partial charge >= 0.3 is 5.97 Å². The number of ether oxygens (including phenoxy) is 1. The molecule has 2 aliphatic carbocycles. The molecule has 3 aliphatic rings. The maximum Gasteiger partial charge on any atom is 0.339 e. The quantitative estimate of drug-likeness (QED) is 0.0895. The van der Waals surface area contributed by atoms with E-state index in [-0.39, 0.29) is 56.3 Å². The molecule has 6 atom stereocenters. The number of hydrogen-bond donors (Lipinski definition) is 0. The molecule has 1 aromatic heterocycles. The Balaban J connectivity index is 1.16. The van der Waals surface area contributed by atoms with Crippen LogP contribution in [0.1, 0.15) is 27.1 Å². The number of halogens is 4. The van der Waals surface area contributed by atoms with Gasteiger partial charge in [0.15, 0.2) is 12.4 Å². The number of esters is 1. The molecule has 7 nitrogen and oxygen atoms in total. The predicted octanol–water partition coefficient (Wildman–Crippen LogP) is 7.13. The van der Waals surface area contributed by atoms with Crippen molar-refractivity contribution in [3.05, 3.63) is 94.2 Å². The highest BCUT2D eigenvalue weighted by molar-refractivity contribution is 9.12. The van der Waals surface area contributed by atoms with Crippen LogP contribution in [0.2, 0.25) is 0 Å². The number of rotatable bonds is 6. The number of carbonyl (C=O) groups is 4. The zero-order valence-electron chi connectivity index (χ0n) is 22.8. The minimum absolute atomic E-state index is 0.126. The van der Waals surface area contributed by atoms with Crippen molar-refractivity contribution in [2.24, 2.45) is 23.7 Å². The topological polar surface area (TPSA) is 93.6 Å². The molecule has 6 unspecified atom stereocenters. The van der Waals surface area contributed by atoms with Crippen LogP contribution in [0.4, 0.5) is 10.1 Å². The minimum Gasteiger partial charge on any atom is -0.454 e. The highest BCUT2D eigenvalue weighted by Gasteiger charge is 2.66. The molecule has 2 saturated carbocycles. The smallest absolute Gasteiger partial charge is 0.339 e. The van der Waals surface area contributed by atoms with Gasteiger partial charge in [-0.05, 0) is 78.9 Å². The first kappa shape index (κ1) is 29.4. The van der Waals surface area contributed by atoms with Crippen LogP contribution in [0.15, 0.2) is 77.3 Å². The van der Waals surface area contributed by atoms with Crippen LogP contribution >= 0.6 is 47.8 Å². The number of anilines is 1. The standard InChI is InChI=1S/C33H22Br3FN2O5/c34-17-5-10-24-20(11-17)21(33(43)44-14-26(40)16-1-6-18(37)7-2-16)13-25(38-24)15-3-8-19(9-4-15)39-31(41)27-22-12-23(28(27)32(39)42)30(36)29(22)35/h1-11,13,22-23,27-30H,12,14H2. The molecule has 4 aromatic rings. The van der Waals surface area contributed by atoms with E-state index in [1.54, 1.807) is 48.5 Å². The van der Waals surface area contributed by atoms with Crippen molar-refractivity contribution >= 4 is 87.9 Å². The van der Waals surface area contributed by atoms with E-state index in [9.17, 15) is 23.6 Å². The monoisotopic (exact) mass is 782 g/mol. The number of imide groups is 1. The van der Waals surface area contributed by atoms with Gasteiger partial charge in [0, 0.05) is 30.6 Å². The highest BCUT2D eigenvalue weighted by Crippen LogP contribution is 2.60. The molecule has 0 spiro atoms. The van der Waals surface area contributed by atoms with Gasteiger partial charge in [0.05, 0.1) is 34.3 Å². The number of pyridine rings is 1. The summed E-state index contributed by atoms with van der Waals surface area (Å²) in [6.45, 7) is -0.514. The Labute approximate surface area is 276 Å². The summed E-state index contributed by atoms with van der Waals surface area (Å²) < 4.78 is 19.4. The molecule has 0 N–H and O–H groups in total. The maximum atomic E-state index is 13.5. The molecular weight excluding hydrogens is 763 g/mol. The molecule has 2 heterocycles. The fraction of sp³-hybridized carbons (Fsp3) is 0.242. The largest absolute Gasteiger partial charge is 0.454 e. The number of benzene rings is 3. The van der Waals surface area contributed by atoms with Gasteiger partial charge in [-0.3, -0.25) is 19.3 Å². The SMILES string of the molecule is O=C(COC(=O)c1cc(-c2ccc(N3C(=O)C4C5CC(C(Br)C5Br)C4C3=O)cc2)nc2ccc(Br)cc12)c1ccc(F)cc1. The Kier molecular flexibility index (Phi) is 7.53. The molecule has 222 valence electrons. The average molecular weight is 785 g/mol. The van der Waals surface area contributed by atoms with Crippen molar-refractivity contribution in [1.82, 2.24) is 4.98 Å². The number of aromatic nitrogens is 1. The van der Waals surface area contributed by atoms with Gasteiger partial charge < -0.3 is 4.74 Å². The summed E-state index contributed by atoms with van der Waals surface area (Å²) in [6, 6.07) is 18.9. The summed E-state index contributed by atoms with van der Waals surface area (Å²) in [5.74, 6) is -2.32. The Bertz CT molecular complexity index is 1830. The highest BCUT2D eigenvalue weighted by atomic mass is 79.9. The van der Waals surface area contributed by atoms with E-state index in [0.29, 0.717) is 27.8 Å². The second-order valence-electron chi connectivity index (χ2n) is 11.3. The van der Waals surface area contributed by atoms with Gasteiger partial charge in [-0.2, -0.15) is 0 Å². The predicted molar refractivity (Wildman–Crippen MR) is 172 cm³/mol. The number of amides is 2. The van der Waals surface area contributed by atoms with Crippen molar-refractivity contribution < 1.29 is 28.3 Å². The van der Waals surface area contributed by atoms with Crippen LogP contribution in [0.5, 0.6) is 0 Å². The van der Waals surface area contributed by atoms with Crippen LogP contribution in [-0.4, -0.2) is 44.8 Å². The van der Waals surface area contributed by atoms with E-state index in [4.69, 9.17) is 9.72 Å². The maximum absolute atomic E-state index is 13.5. The lowest BCUT2D eigenvalue weighted by atomic mass is 9.81. The molecule has 0 radical (unpaired) electrons. The molecular formula is C33H22Br3FN2O5. The summed E-state index contributed by atoms with van der Waals surface area (Å²) in [5.41, 5.74) is 2.61. The van der Waals surface area contributed by atoms with Crippen molar-refractivity contribution in [3.8, 4) is 11.3 Å². The van der Waals surface area contributed by atoms with Crippen LogP contribution in [0.25, 0.3) is 22.2 Å². The first-order chi connectivity index (χ1) is 21.1. The van der Waals surface area contributed by atoms with Crippen molar-refractivity contribution in [1.29, 1.82) is 0 Å². The lowest BCUT2D eigenvalue weighted by Crippen LogP contribution is -2.37. The Morgan fingerprint density at radius 3 is 2.16 bits per heavy atom. The fourth-order valence-electron chi connectivity index (χ4n) is 6.83. The molecule has 3 fully saturated rings. The Hall–Kier alpha value is -3.28. The van der Waals surface area contributed by atoms with Crippen molar-refractivity contribution in [2.45, 2.75) is 16.1 Å². The van der Waals surface area contributed by atoms with Crippen LogP contribution in [0, 0.1) is 29.5 Å². The summed E-state index contributed by atoms with van der Waals surface area (Å²) in [4.78, 5) is 59.1. The summed E-state index contributed by atoms with van der Waals surface area (Å²) in [7, 11) is 0. The third-order valence-corrected chi connectivity index (χ3v) is 12.6. The zero-order chi connectivity index (χ0) is 30.9. The first-order valence-electron chi connectivity index (χ1n) is 13.9. The number of Topliss-reactive ketones (excluding diaryl/α,β-unsaturated/α-hetero) is 1. The van der Waals surface area contributed by atoms with Crippen molar-refractivity contribution in [2.75, 3.05) is 11.5 Å². The number of alkyl halides is 2. The zero-order valence-corrected chi connectivity index (χ0v) is 27.5. The number of carbonyl (C=O) groups excluding carboxylic acids is 4. The van der Waals surface area contributed by atoms with Crippen molar-refractivity contribution in [3.63, 3.8) is 0 Å². The fourth-order valence-corrected chi connectivity index (χ4v) is 9.06. The summed E-state index contributed by atoms with van der Waals surface area (Å²) >= 11 is 10.9. The van der Waals surface area contributed by atoms with Gasteiger partial charge in [0.25, 0.3) is 0 Å². The third-order valence-electron chi connectivity index (χ3n) is 8.90. The van der Waals surface area contributed by atoms with E-state index in [2.05, 4.69) is 47.8 Å². The second-order valence-corrected chi connectivity index (χ2v) is 14.3. The molecule has 3 aromatic carbocycles. The number of ketones is 1. The molecule has 1 aliphatic heterocycles. The number of hydrogen-bond acceptors (Lipinski definition) is 6. The van der Waals surface area contributed by atoms with E-state index >= 15 is 0 Å². The lowest BCUT2D eigenvalue weighted by Gasteiger charge is -2.28. The first-order valence-corrected chi connectivity index (χ1v) is 16.6. The molecule has 7 rings (SSSR count). The van der Waals surface area contributed by atoms with E-state index in [1.165, 1.54) is 29.2 Å². The van der Waals surface area contributed by atoms with Gasteiger partial charge in [0.2, 0.25) is 11.8 Å². The second kappa shape index (κ2) is 11.3. The van der Waals surface area contributed by atoms with Crippen LogP contribution < -0.4 is 4.90 Å². The Morgan fingerprint density at radius 2 is 1.52 bits per heavy atom. The molecule has 2 amide bonds. The summed E-state index contributed by atoms with van der Waals surface area (Å²) in [5, 5.41) is 0.531. The van der Waals surface area contributed by atoms with E-state index in [1.807, 2.05) is 0 Å². The van der Waals surface area contributed by atoms with Gasteiger partial charge in [0.1, 0.15) is 5.82 Å². The van der Waals surface area contributed by atoms with Gasteiger partial charge in [-0.1, -0.05) is 59.9 Å². The third kappa shape index (κ3) is 4.84. The number of fused-ring (bicyclic) bond motifs is 6. The molecule has 1 saturated heterocycles. The van der Waals surface area contributed by atoms with Gasteiger partial charge in [-0.25, -0.2) is 14.2 Å². The molecule has 2 bridgehead atoms. The van der Waals surface area contributed by atoms with E-state index < -0.39 is 24.2 Å². The summed E-state index contributed by atoms with van der Waals surface area (Å²) in [6.07, 6.45) is 0.862. The van der Waals surface area contributed by atoms with Crippen LogP contribution in [-0.2, 0) is 14.3 Å².